The maximum Gasteiger partial charge on any atom is 0.471 e. The lowest BCUT2D eigenvalue weighted by atomic mass is 9.91. The van der Waals surface area contributed by atoms with Gasteiger partial charge in [0.2, 0.25) is 0 Å². The van der Waals surface area contributed by atoms with Crippen molar-refractivity contribution in [2.45, 2.75) is 50.9 Å². The summed E-state index contributed by atoms with van der Waals surface area (Å²) in [6.07, 6.45) is -3.02. The number of halogens is 3. The minimum atomic E-state index is -4.86. The molecule has 0 aliphatic heterocycles. The van der Waals surface area contributed by atoms with Crippen molar-refractivity contribution in [2.24, 2.45) is 0 Å². The van der Waals surface area contributed by atoms with Crippen LogP contribution in [0.4, 0.5) is 13.2 Å². The number of alkyl halides is 3. The molecule has 2 amide bonds. The average Bonchev–Trinajstić information content (AvgIpc) is 3.01. The number of nitrogens with one attached hydrogen (secondary N) is 3. The molecule has 0 spiro atoms. The Kier molecular flexibility index (Phi) is 4.93. The van der Waals surface area contributed by atoms with Crippen molar-refractivity contribution >= 4 is 22.7 Å². The van der Waals surface area contributed by atoms with Crippen LogP contribution >= 0.6 is 0 Å². The van der Waals surface area contributed by atoms with Gasteiger partial charge in [0.15, 0.2) is 0 Å². The van der Waals surface area contributed by atoms with Crippen molar-refractivity contribution < 1.29 is 22.8 Å². The van der Waals surface area contributed by atoms with Gasteiger partial charge in [0.05, 0.1) is 0 Å². The van der Waals surface area contributed by atoms with E-state index in [0.717, 1.165) is 16.5 Å². The Morgan fingerprint density at radius 3 is 2.27 bits per heavy atom. The maximum absolute atomic E-state index is 12.4. The Hall–Kier alpha value is -2.51. The van der Waals surface area contributed by atoms with Gasteiger partial charge in [-0.3, -0.25) is 9.59 Å². The highest BCUT2D eigenvalue weighted by atomic mass is 19.4. The third-order valence-electron chi connectivity index (χ3n) is 4.76. The largest absolute Gasteiger partial charge is 0.471 e. The SMILES string of the molecule is Cc1cccc2cc(C(=O)NC3CCC(NC(=O)C(F)(F)F)CC3)[nH]c12. The minimum Gasteiger partial charge on any atom is -0.350 e. The molecule has 3 rings (SSSR count). The number of carbonyl (C=O) groups is 2. The fourth-order valence-corrected chi connectivity index (χ4v) is 3.34. The number of H-pyrrole nitrogens is 1. The summed E-state index contributed by atoms with van der Waals surface area (Å²) >= 11 is 0. The highest BCUT2D eigenvalue weighted by Crippen LogP contribution is 2.23. The van der Waals surface area contributed by atoms with E-state index >= 15 is 0 Å². The van der Waals surface area contributed by atoms with Gasteiger partial charge in [0.1, 0.15) is 5.69 Å². The van der Waals surface area contributed by atoms with Crippen LogP contribution in [0.15, 0.2) is 24.3 Å². The van der Waals surface area contributed by atoms with Crippen molar-refractivity contribution in [3.05, 3.63) is 35.5 Å². The third kappa shape index (κ3) is 4.00. The number of hydrogen-bond donors (Lipinski definition) is 3. The van der Waals surface area contributed by atoms with Crippen LogP contribution in [0, 0.1) is 6.92 Å². The molecule has 1 heterocycles. The van der Waals surface area contributed by atoms with Crippen LogP contribution in [-0.4, -0.2) is 35.1 Å². The topological polar surface area (TPSA) is 74.0 Å². The first-order valence-corrected chi connectivity index (χ1v) is 8.51. The van der Waals surface area contributed by atoms with Crippen LogP contribution in [0.1, 0.15) is 41.7 Å². The van der Waals surface area contributed by atoms with Crippen LogP contribution in [-0.2, 0) is 4.79 Å². The number of para-hydroxylation sites is 1. The molecular formula is C18H20F3N3O2. The summed E-state index contributed by atoms with van der Waals surface area (Å²) in [6, 6.07) is 6.96. The second-order valence-electron chi connectivity index (χ2n) is 6.72. The Morgan fingerprint density at radius 2 is 1.69 bits per heavy atom. The zero-order valence-electron chi connectivity index (χ0n) is 14.2. The number of rotatable bonds is 3. The predicted octanol–water partition coefficient (Wildman–Crippen LogP) is 3.20. The van der Waals surface area contributed by atoms with E-state index in [-0.39, 0.29) is 11.9 Å². The number of fused-ring (bicyclic) bond motifs is 1. The monoisotopic (exact) mass is 367 g/mol. The highest BCUT2D eigenvalue weighted by Gasteiger charge is 2.40. The highest BCUT2D eigenvalue weighted by molar-refractivity contribution is 5.98. The molecule has 1 aliphatic carbocycles. The van der Waals surface area contributed by atoms with Gasteiger partial charge in [-0.05, 0) is 44.2 Å². The summed E-state index contributed by atoms with van der Waals surface area (Å²) in [5.74, 6) is -2.14. The quantitative estimate of drug-likeness (QED) is 0.779. The number of aromatic nitrogens is 1. The first-order valence-electron chi connectivity index (χ1n) is 8.51. The van der Waals surface area contributed by atoms with Gasteiger partial charge in [-0.25, -0.2) is 0 Å². The van der Waals surface area contributed by atoms with Gasteiger partial charge < -0.3 is 15.6 Å². The van der Waals surface area contributed by atoms with Crippen molar-refractivity contribution in [2.75, 3.05) is 0 Å². The molecule has 1 aromatic carbocycles. The molecular weight excluding hydrogens is 347 g/mol. The van der Waals surface area contributed by atoms with Crippen molar-refractivity contribution in [3.63, 3.8) is 0 Å². The summed E-state index contributed by atoms with van der Waals surface area (Å²) in [4.78, 5) is 26.5. The van der Waals surface area contributed by atoms with E-state index in [4.69, 9.17) is 0 Å². The molecule has 0 bridgehead atoms. The van der Waals surface area contributed by atoms with Gasteiger partial charge in [-0.1, -0.05) is 18.2 Å². The van der Waals surface area contributed by atoms with Crippen LogP contribution in [0.3, 0.4) is 0 Å². The molecule has 0 unspecified atom stereocenters. The summed E-state index contributed by atoms with van der Waals surface area (Å²) in [7, 11) is 0. The van der Waals surface area contributed by atoms with Gasteiger partial charge in [0.25, 0.3) is 5.91 Å². The lowest BCUT2D eigenvalue weighted by molar-refractivity contribution is -0.174. The molecule has 8 heteroatoms. The Labute approximate surface area is 148 Å². The molecule has 0 atom stereocenters. The number of carbonyl (C=O) groups excluding carboxylic acids is 2. The zero-order chi connectivity index (χ0) is 18.9. The predicted molar refractivity (Wildman–Crippen MR) is 90.7 cm³/mol. The number of amides is 2. The van der Waals surface area contributed by atoms with Crippen molar-refractivity contribution in [1.82, 2.24) is 15.6 Å². The smallest absolute Gasteiger partial charge is 0.350 e. The van der Waals surface area contributed by atoms with E-state index in [1.807, 2.05) is 30.4 Å². The number of benzene rings is 1. The Morgan fingerprint density at radius 1 is 1.08 bits per heavy atom. The molecule has 3 N–H and O–H groups in total. The van der Waals surface area contributed by atoms with Gasteiger partial charge >= 0.3 is 12.1 Å². The molecule has 140 valence electrons. The van der Waals surface area contributed by atoms with Crippen molar-refractivity contribution in [3.8, 4) is 0 Å². The van der Waals surface area contributed by atoms with E-state index < -0.39 is 18.1 Å². The van der Waals surface area contributed by atoms with Gasteiger partial charge in [-0.15, -0.1) is 0 Å². The van der Waals surface area contributed by atoms with Crippen LogP contribution in [0.2, 0.25) is 0 Å². The third-order valence-corrected chi connectivity index (χ3v) is 4.76. The molecule has 1 aromatic heterocycles. The van der Waals surface area contributed by atoms with Gasteiger partial charge in [-0.2, -0.15) is 13.2 Å². The number of aryl methyl sites for hydroxylation is 1. The second kappa shape index (κ2) is 7.01. The molecule has 26 heavy (non-hydrogen) atoms. The van der Waals surface area contributed by atoms with Gasteiger partial charge in [0, 0.05) is 23.0 Å². The number of aromatic amines is 1. The van der Waals surface area contributed by atoms with Crippen molar-refractivity contribution in [1.29, 1.82) is 0 Å². The molecule has 1 aliphatic rings. The Bertz CT molecular complexity index is 821. The molecule has 0 saturated heterocycles. The molecule has 1 fully saturated rings. The van der Waals surface area contributed by atoms with E-state index in [0.29, 0.717) is 31.4 Å². The number of hydrogen-bond acceptors (Lipinski definition) is 2. The van der Waals surface area contributed by atoms with Crippen LogP contribution < -0.4 is 10.6 Å². The summed E-state index contributed by atoms with van der Waals surface area (Å²) < 4.78 is 36.9. The molecule has 1 saturated carbocycles. The van der Waals surface area contributed by atoms with E-state index in [2.05, 4.69) is 10.3 Å². The normalized spacial score (nSPS) is 20.8. The Balaban J connectivity index is 1.54. The maximum atomic E-state index is 12.4. The minimum absolute atomic E-state index is 0.117. The standard InChI is InChI=1S/C18H20F3N3O2/c1-10-3-2-4-11-9-14(24-15(10)11)16(25)22-12-5-7-13(8-6-12)23-17(26)18(19,20)21/h2-4,9,12-13,24H,5-8H2,1H3,(H,22,25)(H,23,26). The van der Waals surface area contributed by atoms with E-state index in [1.54, 1.807) is 6.07 Å². The molecule has 5 nitrogen and oxygen atoms in total. The summed E-state index contributed by atoms with van der Waals surface area (Å²) in [5.41, 5.74) is 2.42. The molecule has 0 radical (unpaired) electrons. The zero-order valence-corrected chi connectivity index (χ0v) is 14.2. The van der Waals surface area contributed by atoms with E-state index in [9.17, 15) is 22.8 Å². The van der Waals surface area contributed by atoms with Crippen LogP contribution in [0.25, 0.3) is 10.9 Å². The first kappa shape index (κ1) is 18.3. The fraction of sp³-hybridized carbons (Fsp3) is 0.444. The second-order valence-corrected chi connectivity index (χ2v) is 6.72. The van der Waals surface area contributed by atoms with Crippen LogP contribution in [0.5, 0.6) is 0 Å². The fourth-order valence-electron chi connectivity index (χ4n) is 3.34. The average molecular weight is 367 g/mol. The van der Waals surface area contributed by atoms with E-state index in [1.165, 1.54) is 0 Å². The first-order chi connectivity index (χ1) is 12.2. The lowest BCUT2D eigenvalue weighted by Crippen LogP contribution is -2.47. The summed E-state index contributed by atoms with van der Waals surface area (Å²) in [5, 5.41) is 5.87. The lowest BCUT2D eigenvalue weighted by Gasteiger charge is -2.29. The summed E-state index contributed by atoms with van der Waals surface area (Å²) in [6.45, 7) is 1.96. The molecule has 2 aromatic rings.